The quantitative estimate of drug-likeness (QED) is 0.642. The average Bonchev–Trinajstić information content (AvgIpc) is 2.15. The van der Waals surface area contributed by atoms with Gasteiger partial charge in [-0.15, -0.1) is 0 Å². The molecule has 80 valence electrons. The van der Waals surface area contributed by atoms with Crippen LogP contribution in [0.1, 0.15) is 18.1 Å². The predicted molar refractivity (Wildman–Crippen MR) is 50.6 cm³/mol. The summed E-state index contributed by atoms with van der Waals surface area (Å²) in [6, 6.07) is 3.54. The fourth-order valence-electron chi connectivity index (χ4n) is 1.45. The summed E-state index contributed by atoms with van der Waals surface area (Å²) < 4.78 is 42.3. The molecule has 0 saturated heterocycles. The first-order valence-corrected chi connectivity index (χ1v) is 4.48. The van der Waals surface area contributed by atoms with Gasteiger partial charge >= 0.3 is 6.18 Å². The molecular formula is C11H9F3O. The van der Waals surface area contributed by atoms with Gasteiger partial charge in [-0.1, -0.05) is 6.07 Å². The van der Waals surface area contributed by atoms with E-state index in [9.17, 15) is 13.2 Å². The normalized spacial score (nSPS) is 15.3. The topological polar surface area (TPSA) is 9.23 Å². The van der Waals surface area contributed by atoms with E-state index < -0.39 is 11.7 Å². The number of halogens is 3. The van der Waals surface area contributed by atoms with Gasteiger partial charge in [0.05, 0.1) is 5.56 Å². The smallest absolute Gasteiger partial charge is 0.416 e. The molecule has 0 amide bonds. The van der Waals surface area contributed by atoms with Crippen LogP contribution in [0.2, 0.25) is 0 Å². The van der Waals surface area contributed by atoms with Crippen LogP contribution in [0.5, 0.6) is 5.75 Å². The Hall–Kier alpha value is -1.45. The lowest BCUT2D eigenvalue weighted by Crippen LogP contribution is -2.09. The average molecular weight is 214 g/mol. The Kier molecular flexibility index (Phi) is 2.21. The summed E-state index contributed by atoms with van der Waals surface area (Å²) in [4.78, 5) is 0. The lowest BCUT2D eigenvalue weighted by atomic mass is 10.1. The van der Waals surface area contributed by atoms with Crippen molar-refractivity contribution in [2.24, 2.45) is 0 Å². The fraction of sp³-hybridized carbons (Fsp3) is 0.273. The molecule has 0 bridgehead atoms. The Morgan fingerprint density at radius 2 is 2.00 bits per heavy atom. The Bertz CT molecular complexity index is 418. The molecule has 0 saturated carbocycles. The molecule has 1 aromatic carbocycles. The van der Waals surface area contributed by atoms with Gasteiger partial charge in [0, 0.05) is 5.56 Å². The molecule has 1 aliphatic rings. The lowest BCUT2D eigenvalue weighted by molar-refractivity contribution is -0.137. The van der Waals surface area contributed by atoms with Crippen LogP contribution in [0.3, 0.4) is 0 Å². The van der Waals surface area contributed by atoms with Crippen molar-refractivity contribution in [3.63, 3.8) is 0 Å². The minimum absolute atomic E-state index is 0.301. The molecule has 0 aromatic heterocycles. The van der Waals surface area contributed by atoms with Gasteiger partial charge in [0.2, 0.25) is 0 Å². The van der Waals surface area contributed by atoms with Gasteiger partial charge in [0.15, 0.2) is 0 Å². The summed E-state index contributed by atoms with van der Waals surface area (Å²) in [6.45, 7) is 2.23. The van der Waals surface area contributed by atoms with Crippen LogP contribution in [0.4, 0.5) is 13.2 Å². The third-order valence-corrected chi connectivity index (χ3v) is 2.20. The molecular weight excluding hydrogens is 205 g/mol. The molecule has 15 heavy (non-hydrogen) atoms. The molecule has 1 aliphatic heterocycles. The maximum atomic E-state index is 12.4. The fourth-order valence-corrected chi connectivity index (χ4v) is 1.45. The third-order valence-electron chi connectivity index (χ3n) is 2.20. The van der Waals surface area contributed by atoms with Crippen molar-refractivity contribution < 1.29 is 17.9 Å². The van der Waals surface area contributed by atoms with Crippen LogP contribution in [-0.4, -0.2) is 6.61 Å². The van der Waals surface area contributed by atoms with E-state index in [1.54, 1.807) is 0 Å². The number of ether oxygens (including phenoxy) is 1. The second-order valence-corrected chi connectivity index (χ2v) is 3.53. The summed E-state index contributed by atoms with van der Waals surface area (Å²) >= 11 is 0. The van der Waals surface area contributed by atoms with E-state index in [1.165, 1.54) is 6.07 Å². The molecule has 1 aromatic rings. The Labute approximate surface area is 85.2 Å². The van der Waals surface area contributed by atoms with Crippen molar-refractivity contribution in [3.8, 4) is 5.75 Å². The lowest BCUT2D eigenvalue weighted by Gasteiger charge is -2.17. The van der Waals surface area contributed by atoms with Gasteiger partial charge in [0.25, 0.3) is 0 Å². The van der Waals surface area contributed by atoms with E-state index >= 15 is 0 Å². The van der Waals surface area contributed by atoms with E-state index in [0.717, 1.165) is 17.7 Å². The Morgan fingerprint density at radius 1 is 1.27 bits per heavy atom. The summed E-state index contributed by atoms with van der Waals surface area (Å²) in [5, 5.41) is 0. The van der Waals surface area contributed by atoms with Crippen molar-refractivity contribution in [1.82, 2.24) is 0 Å². The first kappa shape index (κ1) is 10.1. The van der Waals surface area contributed by atoms with Gasteiger partial charge in [-0.05, 0) is 30.7 Å². The maximum Gasteiger partial charge on any atom is 0.416 e. The number of hydrogen-bond donors (Lipinski definition) is 0. The summed E-state index contributed by atoms with van der Waals surface area (Å²) in [5.74, 6) is 0.301. The van der Waals surface area contributed by atoms with Gasteiger partial charge in [-0.3, -0.25) is 0 Å². The predicted octanol–water partition coefficient (Wildman–Crippen LogP) is 3.50. The zero-order valence-corrected chi connectivity index (χ0v) is 8.06. The highest BCUT2D eigenvalue weighted by atomic mass is 19.4. The van der Waals surface area contributed by atoms with Crippen molar-refractivity contribution in [3.05, 3.63) is 34.9 Å². The monoisotopic (exact) mass is 214 g/mol. The first-order chi connectivity index (χ1) is 6.97. The van der Waals surface area contributed by atoms with E-state index in [-0.39, 0.29) is 0 Å². The van der Waals surface area contributed by atoms with Crippen molar-refractivity contribution in [1.29, 1.82) is 0 Å². The minimum atomic E-state index is -4.31. The standard InChI is InChI=1S/C11H9F3O/c1-7-4-8-2-3-9(11(12,13)14)5-10(8)15-6-7/h2-5H,6H2,1H3. The Balaban J connectivity index is 2.45. The minimum Gasteiger partial charge on any atom is -0.489 e. The summed E-state index contributed by atoms with van der Waals surface area (Å²) in [7, 11) is 0. The second kappa shape index (κ2) is 3.29. The van der Waals surface area contributed by atoms with Crippen LogP contribution in [0.15, 0.2) is 23.8 Å². The van der Waals surface area contributed by atoms with Crippen molar-refractivity contribution >= 4 is 6.08 Å². The molecule has 0 N–H and O–H groups in total. The van der Waals surface area contributed by atoms with Crippen molar-refractivity contribution in [2.45, 2.75) is 13.1 Å². The zero-order valence-electron chi connectivity index (χ0n) is 8.06. The van der Waals surface area contributed by atoms with Gasteiger partial charge in [-0.2, -0.15) is 13.2 Å². The molecule has 0 radical (unpaired) electrons. The van der Waals surface area contributed by atoms with Crippen LogP contribution in [0, 0.1) is 0 Å². The third kappa shape index (κ3) is 1.98. The van der Waals surface area contributed by atoms with E-state index in [2.05, 4.69) is 0 Å². The largest absolute Gasteiger partial charge is 0.489 e. The number of fused-ring (bicyclic) bond motifs is 1. The van der Waals surface area contributed by atoms with Crippen molar-refractivity contribution in [2.75, 3.05) is 6.61 Å². The molecule has 0 unspecified atom stereocenters. The molecule has 1 nitrogen and oxygen atoms in total. The van der Waals surface area contributed by atoms with Crippen LogP contribution < -0.4 is 4.74 Å². The zero-order chi connectivity index (χ0) is 11.1. The highest BCUT2D eigenvalue weighted by molar-refractivity contribution is 5.62. The van der Waals surface area contributed by atoms with Crippen LogP contribution in [-0.2, 0) is 6.18 Å². The SMILES string of the molecule is CC1=Cc2ccc(C(F)(F)F)cc2OC1. The number of alkyl halides is 3. The molecule has 2 rings (SSSR count). The number of benzene rings is 1. The van der Waals surface area contributed by atoms with Gasteiger partial charge < -0.3 is 4.74 Å². The molecule has 0 aliphatic carbocycles. The van der Waals surface area contributed by atoms with Crippen LogP contribution in [0.25, 0.3) is 6.08 Å². The first-order valence-electron chi connectivity index (χ1n) is 4.48. The van der Waals surface area contributed by atoms with Gasteiger partial charge in [-0.25, -0.2) is 0 Å². The summed E-state index contributed by atoms with van der Waals surface area (Å²) in [6.07, 6.45) is -2.48. The highest BCUT2D eigenvalue weighted by Crippen LogP contribution is 2.35. The summed E-state index contributed by atoms with van der Waals surface area (Å²) in [5.41, 5.74) is 1.03. The molecule has 1 heterocycles. The molecule has 0 spiro atoms. The number of rotatable bonds is 0. The highest BCUT2D eigenvalue weighted by Gasteiger charge is 2.31. The van der Waals surface area contributed by atoms with Crippen LogP contribution >= 0.6 is 0 Å². The Morgan fingerprint density at radius 3 is 2.67 bits per heavy atom. The van der Waals surface area contributed by atoms with E-state index in [1.807, 2.05) is 13.0 Å². The molecule has 0 fully saturated rings. The van der Waals surface area contributed by atoms with E-state index in [4.69, 9.17) is 4.74 Å². The maximum absolute atomic E-state index is 12.4. The van der Waals surface area contributed by atoms with Gasteiger partial charge in [0.1, 0.15) is 12.4 Å². The number of hydrogen-bond acceptors (Lipinski definition) is 1. The van der Waals surface area contributed by atoms with E-state index in [0.29, 0.717) is 17.9 Å². The molecule has 4 heteroatoms. The molecule has 0 atom stereocenters. The second-order valence-electron chi connectivity index (χ2n) is 3.53.